The minimum Gasteiger partial charge on any atom is -0.457 e. The first-order chi connectivity index (χ1) is 14.8. The van der Waals surface area contributed by atoms with E-state index < -0.39 is 23.8 Å². The van der Waals surface area contributed by atoms with Gasteiger partial charge in [-0.1, -0.05) is 43.2 Å². The van der Waals surface area contributed by atoms with Crippen LogP contribution in [0.25, 0.3) is 0 Å². The van der Waals surface area contributed by atoms with E-state index in [4.69, 9.17) is 4.74 Å². The summed E-state index contributed by atoms with van der Waals surface area (Å²) in [6, 6.07) is 14.1. The van der Waals surface area contributed by atoms with Crippen LogP contribution in [0.2, 0.25) is 0 Å². The number of ketones is 1. The molecule has 2 aromatic rings. The van der Waals surface area contributed by atoms with Crippen molar-refractivity contribution in [2.75, 3.05) is 17.2 Å². The third-order valence-corrected chi connectivity index (χ3v) is 5.46. The van der Waals surface area contributed by atoms with Crippen LogP contribution in [0.15, 0.2) is 48.5 Å². The van der Waals surface area contributed by atoms with E-state index in [-0.39, 0.29) is 23.1 Å². The Hall–Kier alpha value is -3.48. The summed E-state index contributed by atoms with van der Waals surface area (Å²) in [6.07, 6.45) is 3.23. The van der Waals surface area contributed by atoms with Crippen molar-refractivity contribution < 1.29 is 23.9 Å². The normalized spacial score (nSPS) is 14.5. The van der Waals surface area contributed by atoms with Crippen LogP contribution in [-0.2, 0) is 24.5 Å². The topological polar surface area (TPSA) is 102 Å². The molecule has 0 unspecified atom stereocenters. The van der Waals surface area contributed by atoms with Crippen LogP contribution in [0.1, 0.15) is 55.5 Å². The Morgan fingerprint density at radius 1 is 0.903 bits per heavy atom. The molecule has 0 spiro atoms. The van der Waals surface area contributed by atoms with Gasteiger partial charge in [-0.25, -0.2) is 0 Å². The maximum Gasteiger partial charge on any atom is 0.317 e. The highest BCUT2D eigenvalue weighted by atomic mass is 16.5. The van der Waals surface area contributed by atoms with E-state index in [1.165, 1.54) is 26.0 Å². The minimum absolute atomic E-state index is 0.206. The Bertz CT molecular complexity index is 994. The Labute approximate surface area is 181 Å². The van der Waals surface area contributed by atoms with Gasteiger partial charge in [0.05, 0.1) is 11.1 Å². The number of Topliss-reactive ketones (excluding diaryl/α,β-unsaturated/α-hetero) is 1. The number of rotatable bonds is 7. The minimum atomic E-state index is -0.725. The number of ether oxygens (including phenoxy) is 1. The Kier molecular flexibility index (Phi) is 6.84. The molecule has 162 valence electrons. The zero-order valence-corrected chi connectivity index (χ0v) is 17.7. The molecular weight excluding hydrogens is 396 g/mol. The predicted octanol–water partition coefficient (Wildman–Crippen LogP) is 3.84. The molecule has 1 aliphatic rings. The fourth-order valence-corrected chi connectivity index (χ4v) is 4.05. The molecule has 0 atom stereocenters. The summed E-state index contributed by atoms with van der Waals surface area (Å²) in [6.45, 7) is 2.25. The van der Waals surface area contributed by atoms with E-state index in [1.807, 2.05) is 30.3 Å². The highest BCUT2D eigenvalue weighted by Gasteiger charge is 2.44. The van der Waals surface area contributed by atoms with E-state index >= 15 is 0 Å². The maximum atomic E-state index is 13.0. The van der Waals surface area contributed by atoms with Gasteiger partial charge < -0.3 is 15.4 Å². The van der Waals surface area contributed by atoms with Gasteiger partial charge >= 0.3 is 5.97 Å². The molecule has 3 rings (SSSR count). The van der Waals surface area contributed by atoms with Crippen molar-refractivity contribution in [2.24, 2.45) is 0 Å². The van der Waals surface area contributed by atoms with Crippen molar-refractivity contribution in [3.05, 3.63) is 59.7 Å². The number of hydrogen-bond acceptors (Lipinski definition) is 5. The number of carbonyl (C=O) groups is 4. The molecule has 0 bridgehead atoms. The van der Waals surface area contributed by atoms with E-state index in [0.717, 1.165) is 18.4 Å². The molecule has 2 amide bonds. The quantitative estimate of drug-likeness (QED) is 0.521. The molecule has 0 aliphatic heterocycles. The van der Waals surface area contributed by atoms with Gasteiger partial charge in [-0.2, -0.15) is 0 Å². The van der Waals surface area contributed by atoms with Gasteiger partial charge in [0.25, 0.3) is 0 Å². The van der Waals surface area contributed by atoms with Crippen LogP contribution in [-0.4, -0.2) is 30.2 Å². The monoisotopic (exact) mass is 422 g/mol. The van der Waals surface area contributed by atoms with Gasteiger partial charge in [-0.05, 0) is 36.6 Å². The highest BCUT2D eigenvalue weighted by molar-refractivity contribution is 6.07. The number of hydrogen-bond donors (Lipinski definition) is 2. The van der Waals surface area contributed by atoms with Crippen molar-refractivity contribution >= 4 is 34.9 Å². The van der Waals surface area contributed by atoms with Crippen LogP contribution in [0.4, 0.5) is 11.4 Å². The van der Waals surface area contributed by atoms with Crippen LogP contribution in [0, 0.1) is 0 Å². The van der Waals surface area contributed by atoms with Crippen molar-refractivity contribution in [1.82, 2.24) is 0 Å². The number of amides is 2. The number of carbonyl (C=O) groups excluding carboxylic acids is 4. The standard InChI is InChI=1S/C24H26N2O5/c1-16(27)25-19-10-11-20(21(14-19)26-17(2)28)22(29)15-31-23(30)24(12-6-7-13-24)18-8-4-3-5-9-18/h3-5,8-11,14H,6-7,12-13,15H2,1-2H3,(H,25,27)(H,26,28). The van der Waals surface area contributed by atoms with Gasteiger partial charge in [-0.3, -0.25) is 19.2 Å². The van der Waals surface area contributed by atoms with Crippen molar-refractivity contribution in [1.29, 1.82) is 0 Å². The van der Waals surface area contributed by atoms with Gasteiger partial charge in [0.2, 0.25) is 17.6 Å². The summed E-state index contributed by atoms with van der Waals surface area (Å²) in [4.78, 5) is 48.7. The third-order valence-electron chi connectivity index (χ3n) is 5.46. The summed E-state index contributed by atoms with van der Waals surface area (Å²) in [5.74, 6) is -1.47. The number of anilines is 2. The summed E-state index contributed by atoms with van der Waals surface area (Å²) >= 11 is 0. The Morgan fingerprint density at radius 2 is 1.55 bits per heavy atom. The third kappa shape index (κ3) is 5.17. The van der Waals surface area contributed by atoms with Crippen LogP contribution >= 0.6 is 0 Å². The second kappa shape index (κ2) is 9.55. The fourth-order valence-electron chi connectivity index (χ4n) is 4.05. The molecule has 2 N–H and O–H groups in total. The summed E-state index contributed by atoms with van der Waals surface area (Å²) in [5.41, 5.74) is 1.08. The molecule has 0 radical (unpaired) electrons. The largest absolute Gasteiger partial charge is 0.457 e. The second-order valence-electron chi connectivity index (χ2n) is 7.78. The van der Waals surface area contributed by atoms with E-state index in [0.29, 0.717) is 18.5 Å². The lowest BCUT2D eigenvalue weighted by Gasteiger charge is -2.27. The molecule has 0 aromatic heterocycles. The van der Waals surface area contributed by atoms with Crippen molar-refractivity contribution in [3.8, 4) is 0 Å². The van der Waals surface area contributed by atoms with Gasteiger partial charge in [0.15, 0.2) is 6.61 Å². The van der Waals surface area contributed by atoms with E-state index in [2.05, 4.69) is 10.6 Å². The fraction of sp³-hybridized carbons (Fsp3) is 0.333. The lowest BCUT2D eigenvalue weighted by Crippen LogP contribution is -2.35. The van der Waals surface area contributed by atoms with Gasteiger partial charge in [0.1, 0.15) is 0 Å². The molecule has 1 saturated carbocycles. The molecule has 1 aliphatic carbocycles. The number of esters is 1. The summed E-state index contributed by atoms with van der Waals surface area (Å²) < 4.78 is 5.48. The zero-order chi connectivity index (χ0) is 22.4. The molecule has 1 fully saturated rings. The average molecular weight is 422 g/mol. The average Bonchev–Trinajstić information content (AvgIpc) is 3.23. The number of nitrogens with one attached hydrogen (secondary N) is 2. The van der Waals surface area contributed by atoms with Gasteiger partial charge in [0, 0.05) is 25.1 Å². The molecule has 2 aromatic carbocycles. The summed E-state index contributed by atoms with van der Waals surface area (Å²) in [5, 5.41) is 5.20. The van der Waals surface area contributed by atoms with Crippen LogP contribution in [0.3, 0.4) is 0 Å². The molecule has 7 nitrogen and oxygen atoms in total. The van der Waals surface area contributed by atoms with E-state index in [1.54, 1.807) is 6.07 Å². The van der Waals surface area contributed by atoms with E-state index in [9.17, 15) is 19.2 Å². The van der Waals surface area contributed by atoms with Crippen LogP contribution < -0.4 is 10.6 Å². The smallest absolute Gasteiger partial charge is 0.317 e. The molecule has 0 heterocycles. The molecular formula is C24H26N2O5. The number of benzene rings is 2. The molecule has 31 heavy (non-hydrogen) atoms. The first-order valence-corrected chi connectivity index (χ1v) is 10.3. The zero-order valence-electron chi connectivity index (χ0n) is 17.7. The van der Waals surface area contributed by atoms with Gasteiger partial charge in [-0.15, -0.1) is 0 Å². The molecule has 0 saturated heterocycles. The predicted molar refractivity (Wildman–Crippen MR) is 117 cm³/mol. The lowest BCUT2D eigenvalue weighted by atomic mass is 9.79. The SMILES string of the molecule is CC(=O)Nc1ccc(C(=O)COC(=O)C2(c3ccccc3)CCCC2)c(NC(C)=O)c1. The summed E-state index contributed by atoms with van der Waals surface area (Å²) in [7, 11) is 0. The highest BCUT2D eigenvalue weighted by Crippen LogP contribution is 2.42. The Morgan fingerprint density at radius 3 is 2.16 bits per heavy atom. The maximum absolute atomic E-state index is 13.0. The first kappa shape index (κ1) is 22.2. The first-order valence-electron chi connectivity index (χ1n) is 10.3. The Balaban J connectivity index is 1.77. The second-order valence-corrected chi connectivity index (χ2v) is 7.78. The molecule has 7 heteroatoms. The van der Waals surface area contributed by atoms with Crippen LogP contribution in [0.5, 0.6) is 0 Å². The van der Waals surface area contributed by atoms with Crippen molar-refractivity contribution in [3.63, 3.8) is 0 Å². The lowest BCUT2D eigenvalue weighted by molar-refractivity contribution is -0.149. The van der Waals surface area contributed by atoms with Crippen molar-refractivity contribution in [2.45, 2.75) is 44.9 Å².